The van der Waals surface area contributed by atoms with Gasteiger partial charge in [0.1, 0.15) is 0 Å². The Morgan fingerprint density at radius 2 is 1.89 bits per heavy atom. The Bertz CT molecular complexity index is 614. The van der Waals surface area contributed by atoms with Gasteiger partial charge in [-0.3, -0.25) is 0 Å². The lowest BCUT2D eigenvalue weighted by Crippen LogP contribution is -2.02. The van der Waals surface area contributed by atoms with E-state index in [2.05, 4.69) is 36.4 Å². The highest BCUT2D eigenvalue weighted by atomic mass is 79.9. The van der Waals surface area contributed by atoms with E-state index in [-0.39, 0.29) is 0 Å². The summed E-state index contributed by atoms with van der Waals surface area (Å²) in [5, 5.41) is 5.20. The van der Waals surface area contributed by atoms with Crippen molar-refractivity contribution in [3.8, 4) is 0 Å². The largest absolute Gasteiger partial charge is 0.245 e. The Morgan fingerprint density at radius 1 is 1.21 bits per heavy atom. The van der Waals surface area contributed by atoms with Crippen LogP contribution in [0.25, 0.3) is 0 Å². The van der Waals surface area contributed by atoms with Gasteiger partial charge in [0.15, 0.2) is 0 Å². The van der Waals surface area contributed by atoms with E-state index in [4.69, 9.17) is 23.2 Å². The molecule has 1 aromatic heterocycles. The van der Waals surface area contributed by atoms with Gasteiger partial charge in [0.05, 0.1) is 20.2 Å². The molecule has 2 aromatic rings. The minimum Gasteiger partial charge on any atom is -0.245 e. The predicted octanol–water partition coefficient (Wildman–Crippen LogP) is 4.38. The third-order valence-electron chi connectivity index (χ3n) is 2.28. The van der Waals surface area contributed by atoms with Gasteiger partial charge in [-0.25, -0.2) is 15.4 Å². The summed E-state index contributed by atoms with van der Waals surface area (Å²) in [4.78, 5) is 8.10. The fraction of sp³-hybridized carbons (Fsp3) is 0.0833. The first kappa shape index (κ1) is 14.2. The van der Waals surface area contributed by atoms with Crippen LogP contribution >= 0.6 is 39.1 Å². The van der Waals surface area contributed by atoms with E-state index in [0.717, 1.165) is 15.7 Å². The minimum atomic E-state index is 0.419. The fourth-order valence-electron chi connectivity index (χ4n) is 1.29. The van der Waals surface area contributed by atoms with Gasteiger partial charge >= 0.3 is 0 Å². The Hall–Kier alpha value is -1.17. The molecular formula is C12H9BrCl2N4. The lowest BCUT2D eigenvalue weighted by atomic mass is 10.1. The van der Waals surface area contributed by atoms with Crippen LogP contribution in [0.5, 0.6) is 0 Å². The van der Waals surface area contributed by atoms with Gasteiger partial charge in [0.2, 0.25) is 5.95 Å². The molecule has 19 heavy (non-hydrogen) atoms. The van der Waals surface area contributed by atoms with Crippen LogP contribution < -0.4 is 5.43 Å². The Morgan fingerprint density at radius 3 is 2.53 bits per heavy atom. The van der Waals surface area contributed by atoms with Gasteiger partial charge in [0, 0.05) is 12.4 Å². The highest BCUT2D eigenvalue weighted by Gasteiger charge is 2.02. The van der Waals surface area contributed by atoms with E-state index in [9.17, 15) is 0 Å². The molecule has 0 aliphatic heterocycles. The molecule has 0 aliphatic carbocycles. The van der Waals surface area contributed by atoms with E-state index in [1.807, 2.05) is 13.0 Å². The summed E-state index contributed by atoms with van der Waals surface area (Å²) < 4.78 is 0.809. The number of aromatic nitrogens is 2. The number of hydrogen-bond acceptors (Lipinski definition) is 4. The number of anilines is 1. The molecule has 0 atom stereocenters. The van der Waals surface area contributed by atoms with Crippen molar-refractivity contribution >= 4 is 50.8 Å². The standard InChI is InChI=1S/C12H9BrCl2N4/c1-7(8-2-3-10(14)11(15)4-8)18-19-12-16-5-9(13)6-17-12/h2-6H,1H3,(H,16,17,19). The summed E-state index contributed by atoms with van der Waals surface area (Å²) >= 11 is 15.1. The summed E-state index contributed by atoms with van der Waals surface area (Å²) in [5.41, 5.74) is 4.40. The van der Waals surface area contributed by atoms with Crippen LogP contribution in [0.2, 0.25) is 10.0 Å². The third-order valence-corrected chi connectivity index (χ3v) is 3.43. The quantitative estimate of drug-likeness (QED) is 0.653. The number of rotatable bonds is 3. The van der Waals surface area contributed by atoms with Gasteiger partial charge in [-0.1, -0.05) is 29.3 Å². The summed E-state index contributed by atoms with van der Waals surface area (Å²) in [6.45, 7) is 1.85. The molecule has 2 rings (SSSR count). The zero-order valence-electron chi connectivity index (χ0n) is 9.86. The van der Waals surface area contributed by atoms with Crippen molar-refractivity contribution in [3.05, 3.63) is 50.7 Å². The normalized spacial score (nSPS) is 11.5. The summed E-state index contributed by atoms with van der Waals surface area (Å²) in [6, 6.07) is 5.33. The molecule has 0 unspecified atom stereocenters. The second-order valence-electron chi connectivity index (χ2n) is 3.66. The SMILES string of the molecule is CC(=NNc1ncc(Br)cn1)c1ccc(Cl)c(Cl)c1. The number of hydrogen-bond donors (Lipinski definition) is 1. The van der Waals surface area contributed by atoms with E-state index in [0.29, 0.717) is 16.0 Å². The Kier molecular flexibility index (Phi) is 4.74. The molecule has 0 fully saturated rings. The molecule has 0 aliphatic rings. The van der Waals surface area contributed by atoms with Gasteiger partial charge in [-0.2, -0.15) is 5.10 Å². The minimum absolute atomic E-state index is 0.419. The first-order chi connectivity index (χ1) is 9.06. The van der Waals surface area contributed by atoms with Crippen molar-refractivity contribution in [1.82, 2.24) is 9.97 Å². The molecule has 0 amide bonds. The van der Waals surface area contributed by atoms with E-state index in [1.54, 1.807) is 24.5 Å². The van der Waals surface area contributed by atoms with Crippen LogP contribution in [-0.4, -0.2) is 15.7 Å². The number of hydrazone groups is 1. The van der Waals surface area contributed by atoms with Crippen molar-refractivity contribution in [3.63, 3.8) is 0 Å². The zero-order chi connectivity index (χ0) is 13.8. The predicted molar refractivity (Wildman–Crippen MR) is 82.0 cm³/mol. The van der Waals surface area contributed by atoms with E-state index < -0.39 is 0 Å². The third kappa shape index (κ3) is 3.89. The fourth-order valence-corrected chi connectivity index (χ4v) is 1.79. The van der Waals surface area contributed by atoms with Crippen molar-refractivity contribution in [1.29, 1.82) is 0 Å². The second kappa shape index (κ2) is 6.32. The molecule has 0 bridgehead atoms. The van der Waals surface area contributed by atoms with Crippen LogP contribution in [0.15, 0.2) is 40.2 Å². The van der Waals surface area contributed by atoms with Crippen LogP contribution in [0, 0.1) is 0 Å². The van der Waals surface area contributed by atoms with Gasteiger partial charge in [0.25, 0.3) is 0 Å². The zero-order valence-corrected chi connectivity index (χ0v) is 13.0. The van der Waals surface area contributed by atoms with Crippen molar-refractivity contribution in [2.75, 3.05) is 5.43 Å². The first-order valence-electron chi connectivity index (χ1n) is 5.29. The van der Waals surface area contributed by atoms with Gasteiger partial charge in [-0.15, -0.1) is 0 Å². The summed E-state index contributed by atoms with van der Waals surface area (Å²) in [6.07, 6.45) is 3.28. The average Bonchev–Trinajstić information content (AvgIpc) is 2.41. The summed E-state index contributed by atoms with van der Waals surface area (Å²) in [7, 11) is 0. The van der Waals surface area contributed by atoms with Crippen molar-refractivity contribution in [2.45, 2.75) is 6.92 Å². The molecule has 0 spiro atoms. The van der Waals surface area contributed by atoms with Gasteiger partial charge < -0.3 is 0 Å². The molecule has 1 N–H and O–H groups in total. The number of benzene rings is 1. The highest BCUT2D eigenvalue weighted by molar-refractivity contribution is 9.10. The molecule has 0 saturated carbocycles. The molecule has 0 saturated heterocycles. The van der Waals surface area contributed by atoms with Crippen LogP contribution in [0.1, 0.15) is 12.5 Å². The van der Waals surface area contributed by atoms with Gasteiger partial charge in [-0.05, 0) is 40.5 Å². The summed E-state index contributed by atoms with van der Waals surface area (Å²) in [5.74, 6) is 0.419. The number of nitrogens with zero attached hydrogens (tertiary/aromatic N) is 3. The Balaban J connectivity index is 2.14. The second-order valence-corrected chi connectivity index (χ2v) is 5.39. The molecule has 1 aromatic carbocycles. The Labute approximate surface area is 129 Å². The van der Waals surface area contributed by atoms with E-state index >= 15 is 0 Å². The van der Waals surface area contributed by atoms with Crippen molar-refractivity contribution in [2.24, 2.45) is 5.10 Å². The number of halogens is 3. The monoisotopic (exact) mass is 358 g/mol. The average molecular weight is 360 g/mol. The lowest BCUT2D eigenvalue weighted by molar-refractivity contribution is 1.10. The molecular weight excluding hydrogens is 351 g/mol. The molecule has 0 radical (unpaired) electrons. The molecule has 4 nitrogen and oxygen atoms in total. The lowest BCUT2D eigenvalue weighted by Gasteiger charge is -2.04. The molecule has 98 valence electrons. The van der Waals surface area contributed by atoms with Crippen LogP contribution in [-0.2, 0) is 0 Å². The topological polar surface area (TPSA) is 50.2 Å². The maximum absolute atomic E-state index is 5.96. The molecule has 7 heteroatoms. The highest BCUT2D eigenvalue weighted by Crippen LogP contribution is 2.22. The van der Waals surface area contributed by atoms with Crippen molar-refractivity contribution < 1.29 is 0 Å². The smallest absolute Gasteiger partial charge is 0.243 e. The van der Waals surface area contributed by atoms with Crippen LogP contribution in [0.4, 0.5) is 5.95 Å². The first-order valence-corrected chi connectivity index (χ1v) is 6.84. The maximum Gasteiger partial charge on any atom is 0.243 e. The number of nitrogens with one attached hydrogen (secondary N) is 1. The van der Waals surface area contributed by atoms with Crippen LogP contribution in [0.3, 0.4) is 0 Å². The van der Waals surface area contributed by atoms with E-state index in [1.165, 1.54) is 0 Å². The molecule has 1 heterocycles. The maximum atomic E-state index is 5.96.